The quantitative estimate of drug-likeness (QED) is 0.782. The summed E-state index contributed by atoms with van der Waals surface area (Å²) in [4.78, 5) is 16.7. The first-order valence-corrected chi connectivity index (χ1v) is 8.96. The molecule has 1 N–H and O–H groups in total. The van der Waals surface area contributed by atoms with E-state index in [-0.39, 0.29) is 30.5 Å². The highest BCUT2D eigenvalue weighted by molar-refractivity contribution is 5.85. The molecule has 25 heavy (non-hydrogen) atoms. The van der Waals surface area contributed by atoms with Gasteiger partial charge in [0, 0.05) is 37.8 Å². The first kappa shape index (κ1) is 21.6. The lowest BCUT2D eigenvalue weighted by Gasteiger charge is -2.44. The summed E-state index contributed by atoms with van der Waals surface area (Å²) in [7, 11) is 0. The van der Waals surface area contributed by atoms with Gasteiger partial charge in [-0.2, -0.15) is 0 Å². The van der Waals surface area contributed by atoms with Crippen molar-refractivity contribution in [2.24, 2.45) is 0 Å². The minimum absolute atomic E-state index is 0. The van der Waals surface area contributed by atoms with Gasteiger partial charge in [0.15, 0.2) is 0 Å². The fourth-order valence-electron chi connectivity index (χ4n) is 3.10. The molecule has 0 aliphatic carbocycles. The van der Waals surface area contributed by atoms with Crippen molar-refractivity contribution in [3.63, 3.8) is 0 Å². The van der Waals surface area contributed by atoms with E-state index in [0.717, 1.165) is 38.4 Å². The number of benzene rings is 1. The van der Waals surface area contributed by atoms with Crippen LogP contribution in [-0.2, 0) is 0 Å². The van der Waals surface area contributed by atoms with Crippen molar-refractivity contribution < 1.29 is 9.53 Å². The minimum Gasteiger partial charge on any atom is -0.494 e. The van der Waals surface area contributed by atoms with Crippen molar-refractivity contribution in [1.29, 1.82) is 0 Å². The third-order valence-corrected chi connectivity index (χ3v) is 4.39. The van der Waals surface area contributed by atoms with Gasteiger partial charge >= 0.3 is 6.03 Å². The number of para-hydroxylation sites is 1. The number of amides is 2. The number of hydrogen-bond acceptors (Lipinski definition) is 3. The van der Waals surface area contributed by atoms with Crippen LogP contribution in [0.25, 0.3) is 0 Å². The molecular weight excluding hydrogens is 338 g/mol. The molecule has 1 saturated heterocycles. The first-order valence-electron chi connectivity index (χ1n) is 8.96. The van der Waals surface area contributed by atoms with Crippen LogP contribution in [0.1, 0.15) is 34.1 Å². The lowest BCUT2D eigenvalue weighted by molar-refractivity contribution is 0.0592. The summed E-state index contributed by atoms with van der Waals surface area (Å²) in [6, 6.07) is 10.8. The zero-order valence-corrected chi connectivity index (χ0v) is 16.6. The van der Waals surface area contributed by atoms with E-state index in [9.17, 15) is 4.79 Å². The topological polar surface area (TPSA) is 44.8 Å². The van der Waals surface area contributed by atoms with Crippen LogP contribution in [0.2, 0.25) is 0 Å². The van der Waals surface area contributed by atoms with Gasteiger partial charge in [0.25, 0.3) is 0 Å². The molecule has 5 nitrogen and oxygen atoms in total. The van der Waals surface area contributed by atoms with Gasteiger partial charge in [-0.05, 0) is 46.2 Å². The summed E-state index contributed by atoms with van der Waals surface area (Å²) in [5.41, 5.74) is 0. The van der Waals surface area contributed by atoms with E-state index in [1.54, 1.807) is 0 Å². The Labute approximate surface area is 158 Å². The molecule has 2 atom stereocenters. The van der Waals surface area contributed by atoms with Gasteiger partial charge in [-0.25, -0.2) is 4.79 Å². The molecule has 0 saturated carbocycles. The van der Waals surface area contributed by atoms with E-state index in [1.807, 2.05) is 49.1 Å². The van der Waals surface area contributed by atoms with Gasteiger partial charge in [-0.1, -0.05) is 18.2 Å². The number of piperazine rings is 1. The van der Waals surface area contributed by atoms with Crippen LogP contribution in [-0.4, -0.2) is 60.2 Å². The van der Waals surface area contributed by atoms with Crippen molar-refractivity contribution in [2.75, 3.05) is 26.2 Å². The van der Waals surface area contributed by atoms with Gasteiger partial charge in [0.1, 0.15) is 5.75 Å². The average molecular weight is 370 g/mol. The highest BCUT2D eigenvalue weighted by Gasteiger charge is 2.31. The fraction of sp³-hybridized carbons (Fsp3) is 0.632. The van der Waals surface area contributed by atoms with Gasteiger partial charge < -0.3 is 15.0 Å². The molecule has 1 heterocycles. The van der Waals surface area contributed by atoms with Crippen LogP contribution in [0.3, 0.4) is 0 Å². The minimum atomic E-state index is 0. The summed E-state index contributed by atoms with van der Waals surface area (Å²) in [6.07, 6.45) is 0.990. The van der Waals surface area contributed by atoms with E-state index in [1.165, 1.54) is 0 Å². The van der Waals surface area contributed by atoms with Crippen molar-refractivity contribution in [2.45, 2.75) is 52.2 Å². The second kappa shape index (κ2) is 10.5. The van der Waals surface area contributed by atoms with Crippen LogP contribution in [0, 0.1) is 0 Å². The van der Waals surface area contributed by atoms with E-state index in [4.69, 9.17) is 4.74 Å². The molecule has 1 aliphatic heterocycles. The largest absolute Gasteiger partial charge is 0.494 e. The molecule has 1 aromatic carbocycles. The van der Waals surface area contributed by atoms with E-state index >= 15 is 0 Å². The summed E-state index contributed by atoms with van der Waals surface area (Å²) >= 11 is 0. The lowest BCUT2D eigenvalue weighted by Crippen LogP contribution is -2.60. The summed E-state index contributed by atoms with van der Waals surface area (Å²) in [5, 5.41) is 3.00. The molecule has 0 radical (unpaired) electrons. The molecule has 0 spiro atoms. The molecule has 142 valence electrons. The van der Waals surface area contributed by atoms with E-state index < -0.39 is 0 Å². The predicted molar refractivity (Wildman–Crippen MR) is 105 cm³/mol. The molecule has 2 amide bonds. The van der Waals surface area contributed by atoms with Crippen LogP contribution < -0.4 is 10.1 Å². The molecule has 2 rings (SSSR count). The third kappa shape index (κ3) is 6.75. The van der Waals surface area contributed by atoms with Crippen molar-refractivity contribution >= 4 is 18.4 Å². The number of halogens is 1. The van der Waals surface area contributed by atoms with Crippen molar-refractivity contribution in [1.82, 2.24) is 15.1 Å². The van der Waals surface area contributed by atoms with Gasteiger partial charge in [-0.15, -0.1) is 12.4 Å². The Hall–Kier alpha value is -1.46. The second-order valence-corrected chi connectivity index (χ2v) is 6.96. The number of urea groups is 1. The van der Waals surface area contributed by atoms with Crippen LogP contribution >= 0.6 is 12.4 Å². The lowest BCUT2D eigenvalue weighted by atomic mass is 10.1. The Morgan fingerprint density at radius 1 is 1.20 bits per heavy atom. The fourth-order valence-corrected chi connectivity index (χ4v) is 3.10. The molecule has 0 unspecified atom stereocenters. The number of carbonyl (C=O) groups excluding carboxylic acids is 1. The SMILES string of the molecule is CC(C)NC(=O)N1C[C@H](C)N(CCCOc2ccccc2)C[C@H]1C.Cl. The second-order valence-electron chi connectivity index (χ2n) is 6.96. The van der Waals surface area contributed by atoms with Gasteiger partial charge in [-0.3, -0.25) is 4.90 Å². The highest BCUT2D eigenvalue weighted by Crippen LogP contribution is 2.16. The Morgan fingerprint density at radius 2 is 1.88 bits per heavy atom. The zero-order chi connectivity index (χ0) is 17.5. The average Bonchev–Trinajstić information content (AvgIpc) is 2.54. The first-order chi connectivity index (χ1) is 11.5. The maximum absolute atomic E-state index is 12.3. The van der Waals surface area contributed by atoms with Crippen LogP contribution in [0.5, 0.6) is 5.75 Å². The summed E-state index contributed by atoms with van der Waals surface area (Å²) in [6.45, 7) is 11.7. The van der Waals surface area contributed by atoms with Gasteiger partial charge in [0.05, 0.1) is 6.61 Å². The van der Waals surface area contributed by atoms with Crippen LogP contribution in [0.15, 0.2) is 30.3 Å². The number of nitrogens with one attached hydrogen (secondary N) is 1. The molecule has 1 aromatic rings. The Morgan fingerprint density at radius 3 is 2.52 bits per heavy atom. The Kier molecular flexibility index (Phi) is 9.08. The van der Waals surface area contributed by atoms with Crippen LogP contribution in [0.4, 0.5) is 4.79 Å². The maximum Gasteiger partial charge on any atom is 0.317 e. The summed E-state index contributed by atoms with van der Waals surface area (Å²) < 4.78 is 5.76. The number of ether oxygens (including phenoxy) is 1. The Bertz CT molecular complexity index is 513. The monoisotopic (exact) mass is 369 g/mol. The molecule has 6 heteroatoms. The summed E-state index contributed by atoms with van der Waals surface area (Å²) in [5.74, 6) is 0.925. The predicted octanol–water partition coefficient (Wildman–Crippen LogP) is 3.39. The van der Waals surface area contributed by atoms with E-state index in [2.05, 4.69) is 24.1 Å². The number of rotatable bonds is 6. The molecule has 0 aromatic heterocycles. The third-order valence-electron chi connectivity index (χ3n) is 4.39. The maximum atomic E-state index is 12.3. The van der Waals surface area contributed by atoms with Crippen molar-refractivity contribution in [3.05, 3.63) is 30.3 Å². The normalized spacial score (nSPS) is 20.9. The molecule has 1 aliphatic rings. The Balaban J connectivity index is 0.00000312. The number of carbonyl (C=O) groups is 1. The molecule has 1 fully saturated rings. The number of nitrogens with zero attached hydrogens (tertiary/aromatic N) is 2. The smallest absolute Gasteiger partial charge is 0.317 e. The standard InChI is InChI=1S/C19H31N3O2.ClH/c1-15(2)20-19(23)22-14-16(3)21(13-17(22)4)11-8-12-24-18-9-6-5-7-10-18;/h5-7,9-10,15-17H,8,11-14H2,1-4H3,(H,20,23);1H/t16-,17+;/m0./s1. The van der Waals surface area contributed by atoms with Gasteiger partial charge in [0.2, 0.25) is 0 Å². The highest BCUT2D eigenvalue weighted by atomic mass is 35.5. The van der Waals surface area contributed by atoms with E-state index in [0.29, 0.717) is 6.04 Å². The molecule has 0 bridgehead atoms. The number of hydrogen-bond donors (Lipinski definition) is 1. The molecular formula is C19H32ClN3O2. The zero-order valence-electron chi connectivity index (χ0n) is 15.8. The van der Waals surface area contributed by atoms with Crippen molar-refractivity contribution in [3.8, 4) is 5.75 Å².